The second kappa shape index (κ2) is 16.7. The number of nitrogens with two attached hydrogens (primary N) is 1. The molecule has 0 fully saturated rings. The minimum atomic E-state index is -1.05. The zero-order chi connectivity index (χ0) is 28.7. The lowest BCUT2D eigenvalue weighted by atomic mass is 10.1. The summed E-state index contributed by atoms with van der Waals surface area (Å²) in [6.07, 6.45) is 0. The fraction of sp³-hybridized carbons (Fsp3) is 0.194. The van der Waals surface area contributed by atoms with Gasteiger partial charge in [-0.15, -0.1) is 0 Å². The van der Waals surface area contributed by atoms with Gasteiger partial charge in [0.1, 0.15) is 11.8 Å². The van der Waals surface area contributed by atoms with Crippen molar-refractivity contribution in [2.24, 2.45) is 5.73 Å². The number of hydrogen-bond donors (Lipinski definition) is 6. The lowest BCUT2D eigenvalue weighted by molar-refractivity contribution is -0.130. The minimum absolute atomic E-state index is 0. The van der Waals surface area contributed by atoms with Crippen LogP contribution in [-0.2, 0) is 16.1 Å². The summed E-state index contributed by atoms with van der Waals surface area (Å²) in [4.78, 5) is 35.9. The van der Waals surface area contributed by atoms with Crippen molar-refractivity contribution in [1.29, 1.82) is 0 Å². The lowest BCUT2D eigenvalue weighted by Gasteiger charge is -2.14. The number of benzene rings is 3. The van der Waals surface area contributed by atoms with Gasteiger partial charge in [-0.25, -0.2) is 5.48 Å². The largest absolute Gasteiger partial charge is 0.497 e. The van der Waals surface area contributed by atoms with Crippen LogP contribution in [0.3, 0.4) is 0 Å². The Kier molecular flexibility index (Phi) is 13.1. The molecule has 3 aromatic carbocycles. The van der Waals surface area contributed by atoms with Crippen LogP contribution >= 0.6 is 0 Å². The molecule has 7 N–H and O–H groups in total. The van der Waals surface area contributed by atoms with Gasteiger partial charge in [-0.3, -0.25) is 19.6 Å². The van der Waals surface area contributed by atoms with Crippen LogP contribution in [0.1, 0.15) is 34.5 Å². The summed E-state index contributed by atoms with van der Waals surface area (Å²) in [6, 6.07) is 20.1. The number of carbonyl (C=O) groups excluding carboxylic acids is 3. The van der Waals surface area contributed by atoms with Crippen LogP contribution in [0.5, 0.6) is 5.75 Å². The SMILES string of the molecule is C.COc1ccc(CNCC(=O)Nc2ccc(C#CC#Cc3ccc(C(=O)N[C@@H](CN)C(=O)NO)cc3)cc2)cc1. The van der Waals surface area contributed by atoms with Crippen molar-refractivity contribution in [2.75, 3.05) is 25.5 Å². The van der Waals surface area contributed by atoms with Crippen molar-refractivity contribution in [3.05, 3.63) is 95.1 Å². The van der Waals surface area contributed by atoms with Gasteiger partial charge in [0.2, 0.25) is 5.91 Å². The number of hydroxylamine groups is 1. The van der Waals surface area contributed by atoms with Crippen molar-refractivity contribution >= 4 is 23.4 Å². The summed E-state index contributed by atoms with van der Waals surface area (Å²) in [5.74, 6) is 10.7. The summed E-state index contributed by atoms with van der Waals surface area (Å²) in [7, 11) is 1.62. The average molecular weight is 556 g/mol. The van der Waals surface area contributed by atoms with Crippen LogP contribution in [0.2, 0.25) is 0 Å². The molecule has 0 saturated carbocycles. The van der Waals surface area contributed by atoms with Gasteiger partial charge < -0.3 is 26.4 Å². The second-order valence-electron chi connectivity index (χ2n) is 8.39. The van der Waals surface area contributed by atoms with E-state index >= 15 is 0 Å². The Bertz CT molecular complexity index is 1430. The normalized spacial score (nSPS) is 10.3. The van der Waals surface area contributed by atoms with E-state index in [1.807, 2.05) is 24.3 Å². The number of amides is 3. The van der Waals surface area contributed by atoms with Gasteiger partial charge in [0.15, 0.2) is 0 Å². The Morgan fingerprint density at radius 3 is 2.02 bits per heavy atom. The van der Waals surface area contributed by atoms with E-state index in [9.17, 15) is 14.4 Å². The Hall–Kier alpha value is -5.13. The van der Waals surface area contributed by atoms with Crippen LogP contribution in [0.4, 0.5) is 5.69 Å². The first-order valence-electron chi connectivity index (χ1n) is 12.2. The van der Waals surface area contributed by atoms with Gasteiger partial charge in [-0.05, 0) is 78.1 Å². The van der Waals surface area contributed by atoms with E-state index in [1.54, 1.807) is 55.6 Å². The van der Waals surface area contributed by atoms with Crippen LogP contribution in [0.15, 0.2) is 72.8 Å². The van der Waals surface area contributed by atoms with Crippen LogP contribution in [0.25, 0.3) is 0 Å². The number of carbonyl (C=O) groups is 3. The topological polar surface area (TPSA) is 155 Å². The first-order chi connectivity index (χ1) is 19.4. The van der Waals surface area contributed by atoms with Gasteiger partial charge in [0.05, 0.1) is 13.7 Å². The first kappa shape index (κ1) is 32.1. The molecule has 0 unspecified atom stereocenters. The summed E-state index contributed by atoms with van der Waals surface area (Å²) in [5.41, 5.74) is 10.3. The van der Waals surface area contributed by atoms with E-state index in [2.05, 4.69) is 39.6 Å². The molecule has 10 heteroatoms. The molecule has 0 aliphatic rings. The zero-order valence-electron chi connectivity index (χ0n) is 21.8. The van der Waals surface area contributed by atoms with Gasteiger partial charge >= 0.3 is 0 Å². The van der Waals surface area contributed by atoms with Gasteiger partial charge in [-0.2, -0.15) is 0 Å². The molecule has 0 aliphatic carbocycles. The molecule has 3 rings (SSSR count). The standard InChI is InChI=1S/C30H29N5O5.CH4/c1-40-26-16-10-23(11-17-26)19-32-20-28(36)33-25-14-8-22(9-15-25)5-3-2-4-21-6-12-24(13-7-21)29(37)34-27(18-31)30(38)35-39;/h6-17,27,32,39H,18-20,31H2,1H3,(H,33,36)(H,34,37)(H,35,38);1H4/t27-;/m0./s1. The molecule has 0 spiro atoms. The Labute approximate surface area is 239 Å². The molecule has 1 atom stereocenters. The fourth-order valence-electron chi connectivity index (χ4n) is 3.37. The van der Waals surface area contributed by atoms with Crippen molar-refractivity contribution < 1.29 is 24.3 Å². The highest BCUT2D eigenvalue weighted by Gasteiger charge is 2.19. The number of hydrogen-bond acceptors (Lipinski definition) is 7. The quantitative estimate of drug-likeness (QED) is 0.127. The van der Waals surface area contributed by atoms with E-state index in [0.29, 0.717) is 23.4 Å². The molecule has 0 heterocycles. The van der Waals surface area contributed by atoms with Gasteiger partial charge in [0, 0.05) is 35.5 Å². The average Bonchev–Trinajstić information content (AvgIpc) is 2.99. The highest BCUT2D eigenvalue weighted by atomic mass is 16.5. The molecule has 212 valence electrons. The minimum Gasteiger partial charge on any atom is -0.497 e. The number of methoxy groups -OCH3 is 1. The summed E-state index contributed by atoms with van der Waals surface area (Å²) in [5, 5.41) is 17.1. The van der Waals surface area contributed by atoms with E-state index in [1.165, 1.54) is 5.48 Å². The highest BCUT2D eigenvalue weighted by Crippen LogP contribution is 2.11. The van der Waals surface area contributed by atoms with E-state index < -0.39 is 17.9 Å². The number of nitrogens with one attached hydrogen (secondary N) is 4. The monoisotopic (exact) mass is 555 g/mol. The van der Waals surface area contributed by atoms with Crippen molar-refractivity contribution in [3.8, 4) is 29.4 Å². The van der Waals surface area contributed by atoms with E-state index in [-0.39, 0.29) is 26.4 Å². The molecule has 0 radical (unpaired) electrons. The maximum Gasteiger partial charge on any atom is 0.267 e. The first-order valence-corrected chi connectivity index (χ1v) is 12.2. The molecule has 10 nitrogen and oxygen atoms in total. The predicted molar refractivity (Wildman–Crippen MR) is 157 cm³/mol. The van der Waals surface area contributed by atoms with Gasteiger partial charge in [0.25, 0.3) is 11.8 Å². The highest BCUT2D eigenvalue weighted by molar-refractivity contribution is 5.97. The van der Waals surface area contributed by atoms with E-state index in [4.69, 9.17) is 15.7 Å². The molecular weight excluding hydrogens is 522 g/mol. The maximum absolute atomic E-state index is 12.2. The van der Waals surface area contributed by atoms with Crippen molar-refractivity contribution in [1.82, 2.24) is 16.1 Å². The molecule has 0 aromatic heterocycles. The Morgan fingerprint density at radius 1 is 0.902 bits per heavy atom. The molecule has 41 heavy (non-hydrogen) atoms. The molecule has 3 amide bonds. The number of rotatable bonds is 10. The van der Waals surface area contributed by atoms with Crippen LogP contribution < -0.4 is 31.9 Å². The zero-order valence-corrected chi connectivity index (χ0v) is 21.8. The second-order valence-corrected chi connectivity index (χ2v) is 8.39. The van der Waals surface area contributed by atoms with Crippen molar-refractivity contribution in [3.63, 3.8) is 0 Å². The third kappa shape index (κ3) is 10.5. The fourth-order valence-corrected chi connectivity index (χ4v) is 3.37. The summed E-state index contributed by atoms with van der Waals surface area (Å²) in [6.45, 7) is 0.568. The Balaban J connectivity index is 0.00000588. The molecule has 0 bridgehead atoms. The third-order valence-corrected chi connectivity index (χ3v) is 5.53. The Morgan fingerprint density at radius 2 is 1.49 bits per heavy atom. The summed E-state index contributed by atoms with van der Waals surface area (Å²) >= 11 is 0. The summed E-state index contributed by atoms with van der Waals surface area (Å²) < 4.78 is 5.13. The van der Waals surface area contributed by atoms with E-state index in [0.717, 1.165) is 16.9 Å². The predicted octanol–water partition coefficient (Wildman–Crippen LogP) is 2.03. The molecular formula is C31H33N5O5. The maximum atomic E-state index is 12.2. The van der Waals surface area contributed by atoms with Crippen LogP contribution in [0, 0.1) is 23.7 Å². The number of ether oxygens (including phenoxy) is 1. The van der Waals surface area contributed by atoms with Crippen molar-refractivity contribution in [2.45, 2.75) is 20.0 Å². The number of anilines is 1. The van der Waals surface area contributed by atoms with Gasteiger partial charge in [-0.1, -0.05) is 31.4 Å². The molecule has 3 aromatic rings. The molecule has 0 saturated heterocycles. The smallest absolute Gasteiger partial charge is 0.267 e. The third-order valence-electron chi connectivity index (χ3n) is 5.53. The molecule has 0 aliphatic heterocycles. The lowest BCUT2D eigenvalue weighted by Crippen LogP contribution is -2.50. The van der Waals surface area contributed by atoms with Crippen LogP contribution in [-0.4, -0.2) is 49.2 Å².